The molecule has 0 aliphatic carbocycles. The molecule has 0 aromatic rings. The summed E-state index contributed by atoms with van der Waals surface area (Å²) in [4.78, 5) is 24.2. The summed E-state index contributed by atoms with van der Waals surface area (Å²) in [5.41, 5.74) is 0. The number of rotatable bonds is 6. The van der Waals surface area contributed by atoms with Crippen LogP contribution in [0.4, 0.5) is 0 Å². The van der Waals surface area contributed by atoms with Crippen molar-refractivity contribution in [1.82, 2.24) is 4.90 Å². The Morgan fingerprint density at radius 1 is 1.27 bits per heavy atom. The maximum Gasteiger partial charge on any atom is 0.325 e. The minimum atomic E-state index is -0.408. The van der Waals surface area contributed by atoms with E-state index in [0.29, 0.717) is 6.61 Å². The van der Waals surface area contributed by atoms with Gasteiger partial charge in [-0.15, -0.1) is 0 Å². The molecule has 0 aromatic carbocycles. The van der Waals surface area contributed by atoms with Gasteiger partial charge in [0, 0.05) is 13.2 Å². The molecule has 0 saturated carbocycles. The third kappa shape index (κ3) is 5.37. The van der Waals surface area contributed by atoms with E-state index in [0.717, 1.165) is 0 Å². The lowest BCUT2D eigenvalue weighted by Gasteiger charge is -2.25. The largest absolute Gasteiger partial charge is 0.468 e. The van der Waals surface area contributed by atoms with E-state index in [1.165, 1.54) is 19.1 Å². The molecular weight excluding hydrogens is 198 g/mol. The van der Waals surface area contributed by atoms with Crippen molar-refractivity contribution in [2.45, 2.75) is 26.3 Å². The van der Waals surface area contributed by atoms with E-state index < -0.39 is 5.97 Å². The van der Waals surface area contributed by atoms with Crippen LogP contribution in [0.1, 0.15) is 20.3 Å². The van der Waals surface area contributed by atoms with Crippen LogP contribution in [0.3, 0.4) is 0 Å². The third-order valence-corrected chi connectivity index (χ3v) is 1.99. The summed E-state index contributed by atoms with van der Waals surface area (Å²) in [5, 5.41) is 0. The third-order valence-electron chi connectivity index (χ3n) is 1.99. The van der Waals surface area contributed by atoms with Crippen LogP contribution in [0.2, 0.25) is 0 Å². The molecule has 0 aliphatic rings. The van der Waals surface area contributed by atoms with Gasteiger partial charge in [0.25, 0.3) is 0 Å². The molecule has 0 atom stereocenters. The number of methoxy groups -OCH3 is 2. The molecule has 88 valence electrons. The van der Waals surface area contributed by atoms with Gasteiger partial charge in [-0.05, 0) is 13.8 Å². The van der Waals surface area contributed by atoms with Crippen LogP contribution in [0, 0.1) is 0 Å². The number of ether oxygens (including phenoxy) is 2. The van der Waals surface area contributed by atoms with Gasteiger partial charge in [-0.25, -0.2) is 0 Å². The van der Waals surface area contributed by atoms with E-state index in [-0.39, 0.29) is 24.9 Å². The van der Waals surface area contributed by atoms with Crippen LogP contribution < -0.4 is 0 Å². The maximum absolute atomic E-state index is 11.6. The Hall–Kier alpha value is -1.10. The smallest absolute Gasteiger partial charge is 0.325 e. The SMILES string of the molecule is COCCC(=O)N(CC(=O)OC)C(C)C. The Morgan fingerprint density at radius 2 is 1.87 bits per heavy atom. The van der Waals surface area contributed by atoms with Crippen LogP contribution in [0.15, 0.2) is 0 Å². The first-order chi connectivity index (χ1) is 7.02. The molecule has 0 spiro atoms. The van der Waals surface area contributed by atoms with Crippen LogP contribution in [0.5, 0.6) is 0 Å². The number of hydrogen-bond acceptors (Lipinski definition) is 4. The molecule has 0 aromatic heterocycles. The molecule has 5 heteroatoms. The van der Waals surface area contributed by atoms with Gasteiger partial charge in [0.1, 0.15) is 6.54 Å². The fraction of sp³-hybridized carbons (Fsp3) is 0.800. The van der Waals surface area contributed by atoms with E-state index in [2.05, 4.69) is 4.74 Å². The summed E-state index contributed by atoms with van der Waals surface area (Å²) in [5.74, 6) is -0.508. The first-order valence-electron chi connectivity index (χ1n) is 4.88. The molecule has 0 radical (unpaired) electrons. The Kier molecular flexibility index (Phi) is 6.70. The van der Waals surface area contributed by atoms with Gasteiger partial charge in [-0.3, -0.25) is 9.59 Å². The highest BCUT2D eigenvalue weighted by molar-refractivity contribution is 5.82. The topological polar surface area (TPSA) is 55.8 Å². The van der Waals surface area contributed by atoms with Crippen LogP contribution >= 0.6 is 0 Å². The van der Waals surface area contributed by atoms with Crippen molar-refractivity contribution in [3.8, 4) is 0 Å². The van der Waals surface area contributed by atoms with Crippen LogP contribution in [0.25, 0.3) is 0 Å². The van der Waals surface area contributed by atoms with Gasteiger partial charge >= 0.3 is 5.97 Å². The minimum Gasteiger partial charge on any atom is -0.468 e. The number of nitrogens with zero attached hydrogens (tertiary/aromatic N) is 1. The second kappa shape index (κ2) is 7.23. The summed E-state index contributed by atoms with van der Waals surface area (Å²) in [6, 6.07) is -0.0199. The molecule has 0 saturated heterocycles. The lowest BCUT2D eigenvalue weighted by molar-refractivity contribution is -0.148. The summed E-state index contributed by atoms with van der Waals surface area (Å²) in [6.45, 7) is 4.07. The molecule has 0 unspecified atom stereocenters. The normalized spacial score (nSPS) is 10.2. The molecule has 0 N–H and O–H groups in total. The van der Waals surface area contributed by atoms with Gasteiger partial charge in [0.15, 0.2) is 0 Å². The molecule has 0 bridgehead atoms. The highest BCUT2D eigenvalue weighted by atomic mass is 16.5. The lowest BCUT2D eigenvalue weighted by atomic mass is 10.2. The molecule has 0 rings (SSSR count). The second-order valence-corrected chi connectivity index (χ2v) is 3.43. The molecule has 1 amide bonds. The number of carbonyl (C=O) groups is 2. The van der Waals surface area contributed by atoms with Crippen LogP contribution in [-0.4, -0.2) is 50.2 Å². The summed E-state index contributed by atoms with van der Waals surface area (Å²) < 4.78 is 9.33. The Balaban J connectivity index is 4.25. The van der Waals surface area contributed by atoms with E-state index >= 15 is 0 Å². The van der Waals surface area contributed by atoms with Gasteiger partial charge in [0.2, 0.25) is 5.91 Å². The van der Waals surface area contributed by atoms with E-state index in [4.69, 9.17) is 4.74 Å². The molecule has 5 nitrogen and oxygen atoms in total. The molecule has 15 heavy (non-hydrogen) atoms. The predicted octanol–water partition coefficient (Wildman–Crippen LogP) is 0.433. The zero-order valence-corrected chi connectivity index (χ0v) is 9.78. The molecule has 0 heterocycles. The predicted molar refractivity (Wildman–Crippen MR) is 55.4 cm³/mol. The molecule has 0 aliphatic heterocycles. The number of hydrogen-bond donors (Lipinski definition) is 0. The number of amides is 1. The monoisotopic (exact) mass is 217 g/mol. The van der Waals surface area contributed by atoms with Gasteiger partial charge in [-0.2, -0.15) is 0 Å². The highest BCUT2D eigenvalue weighted by Crippen LogP contribution is 2.02. The highest BCUT2D eigenvalue weighted by Gasteiger charge is 2.19. The summed E-state index contributed by atoms with van der Waals surface area (Å²) in [7, 11) is 2.84. The standard InChI is InChI=1S/C10H19NO4/c1-8(2)11(7-10(13)15-4)9(12)5-6-14-3/h8H,5-7H2,1-4H3. The fourth-order valence-electron chi connectivity index (χ4n) is 1.10. The summed E-state index contributed by atoms with van der Waals surface area (Å²) in [6.07, 6.45) is 0.283. The van der Waals surface area contributed by atoms with Crippen molar-refractivity contribution in [3.63, 3.8) is 0 Å². The first-order valence-corrected chi connectivity index (χ1v) is 4.88. The zero-order valence-electron chi connectivity index (χ0n) is 9.78. The Labute approximate surface area is 90.3 Å². The van der Waals surface area contributed by atoms with Crippen molar-refractivity contribution in [2.75, 3.05) is 27.4 Å². The number of esters is 1. The second-order valence-electron chi connectivity index (χ2n) is 3.43. The summed E-state index contributed by atoms with van der Waals surface area (Å²) >= 11 is 0. The quantitative estimate of drug-likeness (QED) is 0.605. The Morgan fingerprint density at radius 3 is 2.27 bits per heavy atom. The van der Waals surface area contributed by atoms with Crippen molar-refractivity contribution >= 4 is 11.9 Å². The van der Waals surface area contributed by atoms with Gasteiger partial charge in [-0.1, -0.05) is 0 Å². The average Bonchev–Trinajstić information content (AvgIpc) is 2.21. The number of carbonyl (C=O) groups excluding carboxylic acids is 2. The minimum absolute atomic E-state index is 0.00326. The fourth-order valence-corrected chi connectivity index (χ4v) is 1.10. The molecular formula is C10H19NO4. The average molecular weight is 217 g/mol. The maximum atomic E-state index is 11.6. The van der Waals surface area contributed by atoms with E-state index in [9.17, 15) is 9.59 Å². The Bertz CT molecular complexity index is 215. The van der Waals surface area contributed by atoms with Gasteiger partial charge in [0.05, 0.1) is 20.1 Å². The van der Waals surface area contributed by atoms with Crippen molar-refractivity contribution in [2.24, 2.45) is 0 Å². The van der Waals surface area contributed by atoms with Crippen molar-refractivity contribution < 1.29 is 19.1 Å². The van der Waals surface area contributed by atoms with Crippen molar-refractivity contribution in [1.29, 1.82) is 0 Å². The van der Waals surface area contributed by atoms with E-state index in [1.54, 1.807) is 0 Å². The van der Waals surface area contributed by atoms with E-state index in [1.807, 2.05) is 13.8 Å². The first kappa shape index (κ1) is 13.9. The lowest BCUT2D eigenvalue weighted by Crippen LogP contribution is -2.41. The zero-order chi connectivity index (χ0) is 11.8. The van der Waals surface area contributed by atoms with Crippen molar-refractivity contribution in [3.05, 3.63) is 0 Å². The molecule has 0 fully saturated rings. The van der Waals surface area contributed by atoms with Gasteiger partial charge < -0.3 is 14.4 Å². The van der Waals surface area contributed by atoms with Crippen LogP contribution in [-0.2, 0) is 19.1 Å².